The normalized spacial score (nSPS) is 14.5. The fourth-order valence-corrected chi connectivity index (χ4v) is 15.5. The smallest absolute Gasteiger partial charge is 0.0820 e. The minimum atomic E-state index is -0.579. The maximum atomic E-state index is 2.54. The van der Waals surface area contributed by atoms with Crippen LogP contribution in [0.2, 0.25) is 0 Å². The minimum Gasteiger partial charge on any atom is -0.309 e. The van der Waals surface area contributed by atoms with Crippen molar-refractivity contribution in [3.05, 3.63) is 252 Å². The van der Waals surface area contributed by atoms with Crippen LogP contribution >= 0.6 is 34.0 Å². The Kier molecular flexibility index (Phi) is 8.23. The number of benzene rings is 10. The Labute approximate surface area is 405 Å². The third-order valence-corrected chi connectivity index (χ3v) is 18.1. The van der Waals surface area contributed by atoms with Gasteiger partial charge in [-0.25, -0.2) is 0 Å². The highest BCUT2D eigenvalue weighted by atomic mass is 32.1. The first-order valence-corrected chi connectivity index (χ1v) is 25.6. The molecule has 0 saturated heterocycles. The number of fused-ring (bicyclic) bond motifs is 18. The lowest BCUT2D eigenvalue weighted by Gasteiger charge is -2.33. The molecule has 2 aliphatic rings. The zero-order valence-corrected chi connectivity index (χ0v) is 39.0. The minimum absolute atomic E-state index is 0.579. The summed E-state index contributed by atoms with van der Waals surface area (Å²) in [6, 6.07) is 86.1. The standard InChI is InChI=1S/C63H38N2S3/c1-3-17-39(18-4-1)64(54-28-15-25-47-45-22-8-12-30-56(45)66-60(47)54)41-33-35-44-43-21-7-11-27-51(43)63(52(44)37-41)53-38-42(34-36-49(53)59-50-24-10-14-32-58(50)68-62(59)63)65(40-19-5-2-6-20-40)55-29-16-26-48-46-23-9-13-31-57(46)67-61(48)55/h1-38H. The first-order valence-electron chi connectivity index (χ1n) is 23.2. The summed E-state index contributed by atoms with van der Waals surface area (Å²) in [5.74, 6) is 0. The molecule has 3 aromatic heterocycles. The molecule has 68 heavy (non-hydrogen) atoms. The largest absolute Gasteiger partial charge is 0.309 e. The van der Waals surface area contributed by atoms with Gasteiger partial charge in [0.15, 0.2) is 0 Å². The summed E-state index contributed by atoms with van der Waals surface area (Å²) < 4.78 is 6.49. The van der Waals surface area contributed by atoms with Crippen molar-refractivity contribution in [1.29, 1.82) is 0 Å². The van der Waals surface area contributed by atoms with Gasteiger partial charge in [0.05, 0.1) is 26.2 Å². The molecule has 318 valence electrons. The second kappa shape index (κ2) is 14.6. The second-order valence-corrected chi connectivity index (χ2v) is 21.1. The third-order valence-electron chi connectivity index (χ3n) is 14.4. The van der Waals surface area contributed by atoms with Crippen LogP contribution in [-0.2, 0) is 5.41 Å². The molecule has 1 spiro atoms. The first kappa shape index (κ1) is 38.3. The van der Waals surface area contributed by atoms with Gasteiger partial charge in [-0.1, -0.05) is 152 Å². The number of thiophene rings is 3. The predicted octanol–water partition coefficient (Wildman–Crippen LogP) is 18.9. The Bertz CT molecular complexity index is 4180. The van der Waals surface area contributed by atoms with Crippen molar-refractivity contribution in [2.45, 2.75) is 5.41 Å². The van der Waals surface area contributed by atoms with Crippen LogP contribution in [0.25, 0.3) is 72.7 Å². The summed E-state index contributed by atoms with van der Waals surface area (Å²) in [6.07, 6.45) is 0. The van der Waals surface area contributed by atoms with Gasteiger partial charge < -0.3 is 9.80 Å². The topological polar surface area (TPSA) is 6.48 Å². The first-order chi connectivity index (χ1) is 33.7. The monoisotopic (exact) mass is 918 g/mol. The number of nitrogens with zero attached hydrogens (tertiary/aromatic N) is 2. The van der Waals surface area contributed by atoms with Gasteiger partial charge in [-0.05, 0) is 112 Å². The van der Waals surface area contributed by atoms with E-state index in [1.807, 2.05) is 34.0 Å². The van der Waals surface area contributed by atoms with Gasteiger partial charge in [0, 0.05) is 74.2 Å². The molecule has 1 unspecified atom stereocenters. The number of hydrogen-bond donors (Lipinski definition) is 0. The Morgan fingerprint density at radius 3 is 1.32 bits per heavy atom. The van der Waals surface area contributed by atoms with Gasteiger partial charge in [-0.15, -0.1) is 34.0 Å². The fourth-order valence-electron chi connectivity index (χ4n) is 11.7. The number of rotatable bonds is 6. The molecule has 0 saturated carbocycles. The van der Waals surface area contributed by atoms with E-state index in [9.17, 15) is 0 Å². The molecule has 1 atom stereocenters. The van der Waals surface area contributed by atoms with Gasteiger partial charge in [-0.3, -0.25) is 0 Å². The van der Waals surface area contributed by atoms with Crippen molar-refractivity contribution in [2.75, 3.05) is 9.80 Å². The molecular formula is C63H38N2S3. The van der Waals surface area contributed by atoms with Crippen LogP contribution in [-0.4, -0.2) is 0 Å². The van der Waals surface area contributed by atoms with E-state index in [0.29, 0.717) is 0 Å². The number of para-hydroxylation sites is 2. The molecule has 0 N–H and O–H groups in total. The van der Waals surface area contributed by atoms with Crippen molar-refractivity contribution in [3.63, 3.8) is 0 Å². The van der Waals surface area contributed by atoms with Gasteiger partial charge in [0.2, 0.25) is 0 Å². The predicted molar refractivity (Wildman–Crippen MR) is 293 cm³/mol. The lowest BCUT2D eigenvalue weighted by Crippen LogP contribution is -2.25. The molecule has 0 radical (unpaired) electrons. The van der Waals surface area contributed by atoms with Crippen molar-refractivity contribution < 1.29 is 0 Å². The molecule has 15 rings (SSSR count). The summed E-state index contributed by atoms with van der Waals surface area (Å²) in [4.78, 5) is 6.39. The van der Waals surface area contributed by atoms with Crippen molar-refractivity contribution in [2.24, 2.45) is 0 Å². The van der Waals surface area contributed by atoms with Gasteiger partial charge in [0.25, 0.3) is 0 Å². The zero-order chi connectivity index (χ0) is 44.5. The highest BCUT2D eigenvalue weighted by molar-refractivity contribution is 7.27. The van der Waals surface area contributed by atoms with Crippen LogP contribution in [0.15, 0.2) is 231 Å². The van der Waals surface area contributed by atoms with Crippen molar-refractivity contribution in [1.82, 2.24) is 0 Å². The van der Waals surface area contributed by atoms with Crippen LogP contribution in [0.5, 0.6) is 0 Å². The van der Waals surface area contributed by atoms with Crippen molar-refractivity contribution >= 4 is 119 Å². The van der Waals surface area contributed by atoms with Crippen LogP contribution < -0.4 is 9.80 Å². The molecule has 3 heterocycles. The average molecular weight is 919 g/mol. The van der Waals surface area contributed by atoms with E-state index in [1.165, 1.54) is 106 Å². The molecule has 13 aromatic rings. The second-order valence-electron chi connectivity index (χ2n) is 17.9. The Hall–Kier alpha value is -7.80. The van der Waals surface area contributed by atoms with E-state index in [0.717, 1.165) is 22.7 Å². The lowest BCUT2D eigenvalue weighted by atomic mass is 9.73. The van der Waals surface area contributed by atoms with Crippen LogP contribution in [0, 0.1) is 0 Å². The van der Waals surface area contributed by atoms with Crippen LogP contribution in [0.4, 0.5) is 34.1 Å². The summed E-state index contributed by atoms with van der Waals surface area (Å²) in [5, 5.41) is 6.49. The van der Waals surface area contributed by atoms with Gasteiger partial charge in [-0.2, -0.15) is 0 Å². The zero-order valence-electron chi connectivity index (χ0n) is 36.6. The van der Waals surface area contributed by atoms with E-state index < -0.39 is 5.41 Å². The Morgan fingerprint density at radius 1 is 0.294 bits per heavy atom. The number of anilines is 6. The van der Waals surface area contributed by atoms with E-state index in [2.05, 4.69) is 240 Å². The highest BCUT2D eigenvalue weighted by Crippen LogP contribution is 2.67. The summed E-state index contributed by atoms with van der Waals surface area (Å²) in [6.45, 7) is 0. The number of hydrogen-bond acceptors (Lipinski definition) is 5. The Balaban J connectivity index is 1.02. The summed E-state index contributed by atoms with van der Waals surface area (Å²) in [7, 11) is 0. The van der Waals surface area contributed by atoms with E-state index in [4.69, 9.17) is 0 Å². The fraction of sp³-hybridized carbons (Fsp3) is 0.0159. The van der Waals surface area contributed by atoms with Crippen molar-refractivity contribution in [3.8, 4) is 22.3 Å². The average Bonchev–Trinajstić information content (AvgIpc) is 4.20. The highest BCUT2D eigenvalue weighted by Gasteiger charge is 2.54. The maximum Gasteiger partial charge on any atom is 0.0820 e. The quantitative estimate of drug-likeness (QED) is 0.164. The third kappa shape index (κ3) is 5.26. The van der Waals surface area contributed by atoms with Crippen LogP contribution in [0.3, 0.4) is 0 Å². The van der Waals surface area contributed by atoms with Crippen LogP contribution in [0.1, 0.15) is 21.6 Å². The molecule has 2 aliphatic carbocycles. The molecule has 0 fully saturated rings. The van der Waals surface area contributed by atoms with E-state index in [1.54, 1.807) is 0 Å². The van der Waals surface area contributed by atoms with Gasteiger partial charge in [0.1, 0.15) is 0 Å². The van der Waals surface area contributed by atoms with Gasteiger partial charge >= 0.3 is 0 Å². The summed E-state index contributed by atoms with van der Waals surface area (Å²) >= 11 is 5.73. The molecule has 5 heteroatoms. The SMILES string of the molecule is c1ccc(N(c2ccc3c(c2)C2(c4ccccc4-3)c3cc(N(c4ccccc4)c4cccc5c4sc4ccccc45)ccc3-c3c2sc2ccccc32)c2cccc3c2sc2ccccc23)cc1. The molecule has 0 bridgehead atoms. The molecule has 10 aromatic carbocycles. The molecular weight excluding hydrogens is 881 g/mol. The molecule has 0 amide bonds. The van der Waals surface area contributed by atoms with E-state index in [-0.39, 0.29) is 0 Å². The molecule has 2 nitrogen and oxygen atoms in total. The van der Waals surface area contributed by atoms with E-state index >= 15 is 0 Å². The maximum absolute atomic E-state index is 2.54. The summed E-state index contributed by atoms with van der Waals surface area (Å²) in [5.41, 5.74) is 15.6. The molecule has 0 aliphatic heterocycles. The Morgan fingerprint density at radius 2 is 0.735 bits per heavy atom. The lowest BCUT2D eigenvalue weighted by molar-refractivity contribution is 0.811.